The van der Waals surface area contributed by atoms with E-state index in [9.17, 15) is 9.59 Å². The van der Waals surface area contributed by atoms with Gasteiger partial charge in [-0.3, -0.25) is 9.59 Å². The maximum absolute atomic E-state index is 12.4. The van der Waals surface area contributed by atoms with Gasteiger partial charge in [-0.15, -0.1) is 0 Å². The van der Waals surface area contributed by atoms with E-state index in [-0.39, 0.29) is 24.4 Å². The number of carbonyl (C=O) groups excluding carboxylic acids is 2. The van der Waals surface area contributed by atoms with Crippen molar-refractivity contribution in [3.8, 4) is 0 Å². The summed E-state index contributed by atoms with van der Waals surface area (Å²) in [5.74, 6) is 0.339. The Balaban J connectivity index is 2.10. The molecule has 0 radical (unpaired) electrons. The molecule has 1 aromatic rings. The van der Waals surface area contributed by atoms with E-state index in [0.29, 0.717) is 18.9 Å². The third kappa shape index (κ3) is 3.59. The fraction of sp³-hybridized carbons (Fsp3) is 0.500. The Morgan fingerprint density at radius 2 is 2.10 bits per heavy atom. The molecular weight excluding hydrogens is 252 g/mol. The lowest BCUT2D eigenvalue weighted by Gasteiger charge is -2.33. The zero-order chi connectivity index (χ0) is 14.7. The molecule has 108 valence electrons. The van der Waals surface area contributed by atoms with Crippen molar-refractivity contribution in [2.75, 3.05) is 6.54 Å². The molecule has 2 rings (SSSR count). The summed E-state index contributed by atoms with van der Waals surface area (Å²) >= 11 is 0. The number of hydrogen-bond acceptors (Lipinski definition) is 2. The second kappa shape index (κ2) is 6.07. The van der Waals surface area contributed by atoms with Crippen LogP contribution < -0.4 is 5.32 Å². The van der Waals surface area contributed by atoms with Crippen molar-refractivity contribution >= 4 is 11.8 Å². The Morgan fingerprint density at radius 1 is 1.35 bits per heavy atom. The third-order valence-electron chi connectivity index (χ3n) is 3.44. The first-order valence-electron chi connectivity index (χ1n) is 7.09. The van der Waals surface area contributed by atoms with Gasteiger partial charge in [0.05, 0.1) is 6.54 Å². The van der Waals surface area contributed by atoms with Crippen LogP contribution in [0.5, 0.6) is 0 Å². The van der Waals surface area contributed by atoms with E-state index in [1.54, 1.807) is 4.90 Å². The van der Waals surface area contributed by atoms with Crippen LogP contribution in [0.2, 0.25) is 0 Å². The lowest BCUT2D eigenvalue weighted by atomic mass is 10.0. The van der Waals surface area contributed by atoms with E-state index in [2.05, 4.69) is 25.2 Å². The highest BCUT2D eigenvalue weighted by atomic mass is 16.2. The summed E-state index contributed by atoms with van der Waals surface area (Å²) in [5.41, 5.74) is 2.23. The number of benzene rings is 1. The van der Waals surface area contributed by atoms with E-state index in [4.69, 9.17) is 0 Å². The summed E-state index contributed by atoms with van der Waals surface area (Å²) in [7, 11) is 0. The Labute approximate surface area is 120 Å². The number of aryl methyl sites for hydroxylation is 1. The van der Waals surface area contributed by atoms with Crippen LogP contribution in [-0.2, 0) is 16.1 Å². The maximum Gasteiger partial charge on any atom is 0.245 e. The van der Waals surface area contributed by atoms with Crippen LogP contribution in [0.3, 0.4) is 0 Å². The summed E-state index contributed by atoms with van der Waals surface area (Å²) < 4.78 is 0. The highest BCUT2D eigenvalue weighted by Crippen LogP contribution is 2.15. The maximum atomic E-state index is 12.4. The molecule has 0 aliphatic carbocycles. The normalized spacial score (nSPS) is 19.4. The first kappa shape index (κ1) is 14.6. The second-order valence-electron chi connectivity index (χ2n) is 5.93. The van der Waals surface area contributed by atoms with Gasteiger partial charge in [-0.2, -0.15) is 0 Å². The van der Waals surface area contributed by atoms with Gasteiger partial charge in [0.2, 0.25) is 11.8 Å². The lowest BCUT2D eigenvalue weighted by molar-refractivity contribution is -0.145. The predicted molar refractivity (Wildman–Crippen MR) is 78.0 cm³/mol. The molecule has 1 aliphatic rings. The quantitative estimate of drug-likeness (QED) is 0.911. The van der Waals surface area contributed by atoms with Gasteiger partial charge in [0, 0.05) is 6.54 Å². The van der Waals surface area contributed by atoms with E-state index >= 15 is 0 Å². The summed E-state index contributed by atoms with van der Waals surface area (Å²) in [5, 5.41) is 2.79. The van der Waals surface area contributed by atoms with Crippen molar-refractivity contribution < 1.29 is 9.59 Å². The molecule has 1 saturated heterocycles. The summed E-state index contributed by atoms with van der Waals surface area (Å²) in [6, 6.07) is 7.67. The van der Waals surface area contributed by atoms with Gasteiger partial charge >= 0.3 is 0 Å². The lowest BCUT2D eigenvalue weighted by Crippen LogP contribution is -2.57. The largest absolute Gasteiger partial charge is 0.343 e. The van der Waals surface area contributed by atoms with Crippen molar-refractivity contribution in [2.45, 2.75) is 39.8 Å². The Kier molecular flexibility index (Phi) is 4.42. The van der Waals surface area contributed by atoms with Crippen molar-refractivity contribution in [3.05, 3.63) is 35.4 Å². The molecule has 1 fully saturated rings. The van der Waals surface area contributed by atoms with Gasteiger partial charge in [-0.25, -0.2) is 0 Å². The fourth-order valence-electron chi connectivity index (χ4n) is 2.57. The first-order valence-corrected chi connectivity index (χ1v) is 7.09. The molecule has 4 nitrogen and oxygen atoms in total. The monoisotopic (exact) mass is 274 g/mol. The second-order valence-corrected chi connectivity index (χ2v) is 5.93. The van der Waals surface area contributed by atoms with Gasteiger partial charge in [-0.1, -0.05) is 43.7 Å². The molecule has 1 aromatic carbocycles. The molecule has 1 aliphatic heterocycles. The number of nitrogens with zero attached hydrogens (tertiary/aromatic N) is 1. The summed E-state index contributed by atoms with van der Waals surface area (Å²) in [6.07, 6.45) is 0.689. The minimum atomic E-state index is -0.374. The Bertz CT molecular complexity index is 511. The van der Waals surface area contributed by atoms with E-state index in [1.165, 1.54) is 0 Å². The fourth-order valence-corrected chi connectivity index (χ4v) is 2.57. The standard InChI is InChI=1S/C16H22N2O2/c1-11(2)7-14-16(20)18(10-15(19)17-14)9-13-6-4-5-12(3)8-13/h4-6,8,11,14H,7,9-10H2,1-3H3,(H,17,19). The molecule has 4 heteroatoms. The van der Waals surface area contributed by atoms with Crippen LogP contribution in [-0.4, -0.2) is 29.3 Å². The molecule has 0 bridgehead atoms. The zero-order valence-corrected chi connectivity index (χ0v) is 12.3. The van der Waals surface area contributed by atoms with Crippen LogP contribution in [0.4, 0.5) is 0 Å². The van der Waals surface area contributed by atoms with Gasteiger partial charge in [-0.05, 0) is 24.8 Å². The predicted octanol–water partition coefficient (Wildman–Crippen LogP) is 1.87. The van der Waals surface area contributed by atoms with Gasteiger partial charge in [0.15, 0.2) is 0 Å². The SMILES string of the molecule is Cc1cccc(CN2CC(=O)NC(CC(C)C)C2=O)c1. The highest BCUT2D eigenvalue weighted by molar-refractivity contribution is 5.94. The number of rotatable bonds is 4. The van der Waals surface area contributed by atoms with Crippen molar-refractivity contribution in [1.82, 2.24) is 10.2 Å². The molecule has 1 atom stereocenters. The highest BCUT2D eigenvalue weighted by Gasteiger charge is 2.32. The summed E-state index contributed by atoms with van der Waals surface area (Å²) in [6.45, 7) is 6.79. The molecule has 0 aromatic heterocycles. The van der Waals surface area contributed by atoms with Gasteiger partial charge < -0.3 is 10.2 Å². The number of nitrogens with one attached hydrogen (secondary N) is 1. The smallest absolute Gasteiger partial charge is 0.245 e. The number of carbonyl (C=O) groups is 2. The Hall–Kier alpha value is -1.84. The Morgan fingerprint density at radius 3 is 2.75 bits per heavy atom. The van der Waals surface area contributed by atoms with Crippen LogP contribution in [0.1, 0.15) is 31.4 Å². The van der Waals surface area contributed by atoms with Crippen LogP contribution >= 0.6 is 0 Å². The van der Waals surface area contributed by atoms with Crippen molar-refractivity contribution in [2.24, 2.45) is 5.92 Å². The van der Waals surface area contributed by atoms with E-state index in [1.807, 2.05) is 25.1 Å². The van der Waals surface area contributed by atoms with Crippen molar-refractivity contribution in [1.29, 1.82) is 0 Å². The molecule has 0 saturated carbocycles. The number of hydrogen-bond donors (Lipinski definition) is 1. The molecule has 1 heterocycles. The van der Waals surface area contributed by atoms with Gasteiger partial charge in [0.25, 0.3) is 0 Å². The minimum Gasteiger partial charge on any atom is -0.343 e. The molecule has 1 unspecified atom stereocenters. The first-order chi connectivity index (χ1) is 9.45. The molecular formula is C16H22N2O2. The molecule has 1 N–H and O–H groups in total. The van der Waals surface area contributed by atoms with E-state index < -0.39 is 0 Å². The van der Waals surface area contributed by atoms with Crippen LogP contribution in [0, 0.1) is 12.8 Å². The van der Waals surface area contributed by atoms with Crippen molar-refractivity contribution in [3.63, 3.8) is 0 Å². The van der Waals surface area contributed by atoms with Crippen LogP contribution in [0.15, 0.2) is 24.3 Å². The third-order valence-corrected chi connectivity index (χ3v) is 3.44. The molecule has 20 heavy (non-hydrogen) atoms. The number of piperazine rings is 1. The average Bonchev–Trinajstić information content (AvgIpc) is 2.34. The van der Waals surface area contributed by atoms with Gasteiger partial charge in [0.1, 0.15) is 6.04 Å². The average molecular weight is 274 g/mol. The van der Waals surface area contributed by atoms with E-state index in [0.717, 1.165) is 11.1 Å². The zero-order valence-electron chi connectivity index (χ0n) is 12.3. The number of amides is 2. The summed E-state index contributed by atoms with van der Waals surface area (Å²) in [4.78, 5) is 25.8. The topological polar surface area (TPSA) is 49.4 Å². The van der Waals surface area contributed by atoms with Crippen LogP contribution in [0.25, 0.3) is 0 Å². The molecule has 0 spiro atoms. The molecule has 2 amide bonds. The minimum absolute atomic E-state index is 0.0276.